The topological polar surface area (TPSA) is 74.1 Å². The van der Waals surface area contributed by atoms with Gasteiger partial charge in [-0.3, -0.25) is 0 Å². The van der Waals surface area contributed by atoms with Crippen molar-refractivity contribution in [2.24, 2.45) is 0 Å². The highest BCUT2D eigenvalue weighted by molar-refractivity contribution is 7.99. The van der Waals surface area contributed by atoms with Crippen LogP contribution in [0.2, 0.25) is 15.1 Å². The summed E-state index contributed by atoms with van der Waals surface area (Å²) in [6, 6.07) is 18.8. The number of tetrazole rings is 1. The lowest BCUT2D eigenvalue weighted by atomic mass is 10.2. The average molecular weight is 587 g/mol. The van der Waals surface area contributed by atoms with Crippen molar-refractivity contribution in [3.8, 4) is 17.2 Å². The third-order valence-corrected chi connectivity index (χ3v) is 6.75. The van der Waals surface area contributed by atoms with Crippen molar-refractivity contribution in [3.63, 3.8) is 0 Å². The molecule has 0 amide bonds. The number of nitrogens with one attached hydrogen (secondary N) is 1. The van der Waals surface area contributed by atoms with E-state index in [1.165, 1.54) is 0 Å². The number of benzene rings is 3. The molecule has 0 aliphatic carbocycles. The van der Waals surface area contributed by atoms with Crippen LogP contribution in [0.3, 0.4) is 0 Å². The lowest BCUT2D eigenvalue weighted by molar-refractivity contribution is 0.284. The lowest BCUT2D eigenvalue weighted by Gasteiger charge is -2.15. The molecule has 190 valence electrons. The molecule has 0 atom stereocenters. The molecule has 3 aromatic carbocycles. The summed E-state index contributed by atoms with van der Waals surface area (Å²) in [4.78, 5) is 0. The molecular formula is C24H23Cl4N5O2S. The van der Waals surface area contributed by atoms with Gasteiger partial charge in [-0.1, -0.05) is 70.8 Å². The zero-order valence-corrected chi connectivity index (χ0v) is 23.1. The van der Waals surface area contributed by atoms with Crippen molar-refractivity contribution in [2.45, 2.75) is 18.3 Å². The van der Waals surface area contributed by atoms with E-state index in [0.29, 0.717) is 33.1 Å². The second kappa shape index (κ2) is 13.9. The Hall–Kier alpha value is -2.20. The Kier molecular flexibility index (Phi) is 11.0. The molecule has 0 radical (unpaired) electrons. The van der Waals surface area contributed by atoms with Crippen LogP contribution in [0, 0.1) is 0 Å². The highest BCUT2D eigenvalue weighted by atomic mass is 35.5. The van der Waals surface area contributed by atoms with Gasteiger partial charge < -0.3 is 14.8 Å². The van der Waals surface area contributed by atoms with E-state index in [9.17, 15) is 0 Å². The van der Waals surface area contributed by atoms with Gasteiger partial charge in [0.15, 0.2) is 11.5 Å². The van der Waals surface area contributed by atoms with Gasteiger partial charge in [0.05, 0.1) is 17.8 Å². The van der Waals surface area contributed by atoms with Crippen LogP contribution < -0.4 is 14.8 Å². The first-order valence-electron chi connectivity index (χ1n) is 10.7. The van der Waals surface area contributed by atoms with E-state index in [1.54, 1.807) is 35.7 Å². The van der Waals surface area contributed by atoms with Crippen LogP contribution >= 0.6 is 59.0 Å². The maximum Gasteiger partial charge on any atom is 0.214 e. The molecule has 0 saturated heterocycles. The van der Waals surface area contributed by atoms with E-state index in [2.05, 4.69) is 20.8 Å². The summed E-state index contributed by atoms with van der Waals surface area (Å²) in [5.41, 5.74) is 2.70. The number of aromatic nitrogens is 4. The van der Waals surface area contributed by atoms with Crippen LogP contribution in [0.5, 0.6) is 11.5 Å². The van der Waals surface area contributed by atoms with Crippen molar-refractivity contribution < 1.29 is 9.47 Å². The molecule has 36 heavy (non-hydrogen) atoms. The number of hydrogen-bond acceptors (Lipinski definition) is 7. The molecule has 0 fully saturated rings. The molecule has 4 aromatic rings. The van der Waals surface area contributed by atoms with Gasteiger partial charge >= 0.3 is 0 Å². The van der Waals surface area contributed by atoms with Crippen LogP contribution in [-0.2, 0) is 13.2 Å². The summed E-state index contributed by atoms with van der Waals surface area (Å²) in [6.07, 6.45) is 0. The van der Waals surface area contributed by atoms with Crippen LogP contribution in [0.25, 0.3) is 5.69 Å². The highest BCUT2D eigenvalue weighted by Crippen LogP contribution is 2.37. The highest BCUT2D eigenvalue weighted by Gasteiger charge is 2.14. The smallest absolute Gasteiger partial charge is 0.214 e. The van der Waals surface area contributed by atoms with Crippen molar-refractivity contribution in [1.82, 2.24) is 25.5 Å². The number of thioether (sulfide) groups is 1. The van der Waals surface area contributed by atoms with E-state index in [0.717, 1.165) is 34.3 Å². The molecule has 1 heterocycles. The Morgan fingerprint density at radius 3 is 2.56 bits per heavy atom. The van der Waals surface area contributed by atoms with E-state index < -0.39 is 0 Å². The van der Waals surface area contributed by atoms with Gasteiger partial charge in [0, 0.05) is 34.5 Å². The standard InChI is InChI=1S/C24H22Cl3N5O2S.ClH/c1-33-22-12-16(11-21(27)23(22)34-15-17-7-8-18(25)13-20(17)26)14-28-9-10-35-24-29-30-31-32(24)19-5-3-2-4-6-19;/h2-8,11-13,28H,9-10,14-15H2,1H3;1H. The maximum atomic E-state index is 6.51. The number of hydrogen-bond donors (Lipinski definition) is 1. The van der Waals surface area contributed by atoms with Crippen LogP contribution in [-0.4, -0.2) is 39.6 Å². The number of methoxy groups -OCH3 is 1. The van der Waals surface area contributed by atoms with Gasteiger partial charge in [-0.05, 0) is 52.4 Å². The monoisotopic (exact) mass is 585 g/mol. The summed E-state index contributed by atoms with van der Waals surface area (Å²) in [5, 5.41) is 17.7. The van der Waals surface area contributed by atoms with Crippen LogP contribution in [0.1, 0.15) is 11.1 Å². The first kappa shape index (κ1) is 28.4. The number of rotatable bonds is 11. The molecule has 0 spiro atoms. The summed E-state index contributed by atoms with van der Waals surface area (Å²) < 4.78 is 13.2. The Balaban J connectivity index is 0.00000361. The molecule has 0 bridgehead atoms. The minimum atomic E-state index is 0. The number of halogens is 4. The number of nitrogens with zero attached hydrogens (tertiary/aromatic N) is 4. The quantitative estimate of drug-likeness (QED) is 0.158. The zero-order valence-electron chi connectivity index (χ0n) is 19.2. The predicted molar refractivity (Wildman–Crippen MR) is 148 cm³/mol. The third kappa shape index (κ3) is 7.41. The molecule has 0 aliphatic rings. The SMILES string of the molecule is COc1cc(CNCCSc2nnnn2-c2ccccc2)cc(Cl)c1OCc1ccc(Cl)cc1Cl.Cl. The fourth-order valence-electron chi connectivity index (χ4n) is 3.25. The van der Waals surface area contributed by atoms with Crippen molar-refractivity contribution in [3.05, 3.63) is 86.9 Å². The van der Waals surface area contributed by atoms with E-state index in [-0.39, 0.29) is 19.0 Å². The van der Waals surface area contributed by atoms with Crippen LogP contribution in [0.15, 0.2) is 65.8 Å². The second-order valence-electron chi connectivity index (χ2n) is 7.37. The predicted octanol–water partition coefficient (Wildman–Crippen LogP) is 6.51. The molecule has 1 N–H and O–H groups in total. The fourth-order valence-corrected chi connectivity index (χ4v) is 4.79. The fraction of sp³-hybridized carbons (Fsp3) is 0.208. The minimum Gasteiger partial charge on any atom is -0.493 e. The molecule has 1 aromatic heterocycles. The Labute approximate surface area is 234 Å². The average Bonchev–Trinajstić information content (AvgIpc) is 3.33. The van der Waals surface area contributed by atoms with Crippen LogP contribution in [0.4, 0.5) is 0 Å². The molecule has 7 nitrogen and oxygen atoms in total. The summed E-state index contributed by atoms with van der Waals surface area (Å²) >= 11 is 20.3. The molecule has 4 rings (SSSR count). The number of para-hydroxylation sites is 1. The maximum absolute atomic E-state index is 6.51. The van der Waals surface area contributed by atoms with Gasteiger partial charge in [0.1, 0.15) is 6.61 Å². The molecule has 0 unspecified atom stereocenters. The Bertz CT molecular complexity index is 1280. The Morgan fingerprint density at radius 2 is 1.81 bits per heavy atom. The van der Waals surface area contributed by atoms with Gasteiger partial charge in [0.2, 0.25) is 5.16 Å². The second-order valence-corrected chi connectivity index (χ2v) is 9.68. The van der Waals surface area contributed by atoms with Crippen molar-refractivity contribution in [2.75, 3.05) is 19.4 Å². The van der Waals surface area contributed by atoms with Gasteiger partial charge in [-0.15, -0.1) is 17.5 Å². The Morgan fingerprint density at radius 1 is 1.00 bits per heavy atom. The third-order valence-electron chi connectivity index (χ3n) is 4.96. The van der Waals surface area contributed by atoms with Gasteiger partial charge in [-0.25, -0.2) is 0 Å². The number of ether oxygens (including phenoxy) is 2. The summed E-state index contributed by atoms with van der Waals surface area (Å²) in [6.45, 7) is 1.60. The molecule has 0 aliphatic heterocycles. The largest absolute Gasteiger partial charge is 0.493 e. The van der Waals surface area contributed by atoms with Gasteiger partial charge in [-0.2, -0.15) is 4.68 Å². The van der Waals surface area contributed by atoms with Crippen molar-refractivity contribution in [1.29, 1.82) is 0 Å². The molecule has 12 heteroatoms. The zero-order chi connectivity index (χ0) is 24.6. The van der Waals surface area contributed by atoms with E-state index in [1.807, 2.05) is 48.5 Å². The molecular weight excluding hydrogens is 564 g/mol. The van der Waals surface area contributed by atoms with E-state index >= 15 is 0 Å². The minimum absolute atomic E-state index is 0. The normalized spacial score (nSPS) is 10.7. The summed E-state index contributed by atoms with van der Waals surface area (Å²) in [7, 11) is 1.58. The van der Waals surface area contributed by atoms with Crippen molar-refractivity contribution >= 4 is 59.0 Å². The molecule has 0 saturated carbocycles. The van der Waals surface area contributed by atoms with E-state index in [4.69, 9.17) is 44.3 Å². The van der Waals surface area contributed by atoms with Gasteiger partial charge in [0.25, 0.3) is 0 Å². The summed E-state index contributed by atoms with van der Waals surface area (Å²) in [5.74, 6) is 1.81. The first-order chi connectivity index (χ1) is 17.0. The first-order valence-corrected chi connectivity index (χ1v) is 12.8. The lowest BCUT2D eigenvalue weighted by Crippen LogP contribution is -2.17.